The fourth-order valence-electron chi connectivity index (χ4n) is 1.33. The molecular weight excluding hydrogens is 152 g/mol. The molecule has 0 aliphatic heterocycles. The predicted molar refractivity (Wildman–Crippen MR) is 48.8 cm³/mol. The van der Waals surface area contributed by atoms with Crippen molar-refractivity contribution in [3.05, 3.63) is 12.7 Å². The van der Waals surface area contributed by atoms with E-state index in [9.17, 15) is 4.79 Å². The molecule has 1 aliphatic rings. The Morgan fingerprint density at radius 3 is 2.75 bits per heavy atom. The Morgan fingerprint density at radius 2 is 2.33 bits per heavy atom. The molecule has 3 heteroatoms. The van der Waals surface area contributed by atoms with E-state index in [0.717, 1.165) is 19.4 Å². The number of carbonyl (C=O) groups is 1. The summed E-state index contributed by atoms with van der Waals surface area (Å²) in [5.41, 5.74) is -0.0994. The van der Waals surface area contributed by atoms with E-state index in [0.29, 0.717) is 6.54 Å². The fourth-order valence-corrected chi connectivity index (χ4v) is 1.33. The van der Waals surface area contributed by atoms with Gasteiger partial charge in [0.25, 0.3) is 0 Å². The van der Waals surface area contributed by atoms with E-state index in [1.807, 2.05) is 7.05 Å². The van der Waals surface area contributed by atoms with Gasteiger partial charge in [-0.3, -0.25) is 4.79 Å². The number of amides is 1. The van der Waals surface area contributed by atoms with Crippen LogP contribution in [0.2, 0.25) is 0 Å². The van der Waals surface area contributed by atoms with Crippen LogP contribution in [-0.2, 0) is 4.79 Å². The topological polar surface area (TPSA) is 41.1 Å². The first kappa shape index (κ1) is 9.26. The van der Waals surface area contributed by atoms with Crippen LogP contribution in [0.3, 0.4) is 0 Å². The predicted octanol–water partition coefficient (Wildman–Crippen LogP) is 0.288. The van der Waals surface area contributed by atoms with Crippen molar-refractivity contribution in [1.82, 2.24) is 10.6 Å². The third-order valence-electron chi connectivity index (χ3n) is 2.26. The van der Waals surface area contributed by atoms with Gasteiger partial charge in [-0.1, -0.05) is 6.08 Å². The average Bonchev–Trinajstić information content (AvgIpc) is 2.82. The van der Waals surface area contributed by atoms with E-state index in [4.69, 9.17) is 0 Å². The largest absolute Gasteiger partial charge is 0.352 e. The molecular formula is C9H16N2O. The summed E-state index contributed by atoms with van der Waals surface area (Å²) in [7, 11) is 1.88. The lowest BCUT2D eigenvalue weighted by Crippen LogP contribution is -2.37. The minimum atomic E-state index is -0.0994. The second-order valence-electron chi connectivity index (χ2n) is 3.31. The van der Waals surface area contributed by atoms with Gasteiger partial charge in [-0.15, -0.1) is 6.58 Å². The van der Waals surface area contributed by atoms with Crippen LogP contribution in [-0.4, -0.2) is 26.0 Å². The smallest absolute Gasteiger partial charge is 0.227 e. The first-order valence-corrected chi connectivity index (χ1v) is 4.29. The highest BCUT2D eigenvalue weighted by Gasteiger charge is 2.48. The van der Waals surface area contributed by atoms with Gasteiger partial charge in [0.1, 0.15) is 0 Å². The molecule has 0 aromatic carbocycles. The van der Waals surface area contributed by atoms with Crippen molar-refractivity contribution >= 4 is 5.91 Å². The average molecular weight is 168 g/mol. The van der Waals surface area contributed by atoms with Crippen molar-refractivity contribution in [1.29, 1.82) is 0 Å². The quantitative estimate of drug-likeness (QED) is 0.579. The van der Waals surface area contributed by atoms with E-state index >= 15 is 0 Å². The Hall–Kier alpha value is -0.830. The molecule has 3 nitrogen and oxygen atoms in total. The molecule has 0 saturated heterocycles. The molecule has 0 bridgehead atoms. The number of nitrogens with one attached hydrogen (secondary N) is 2. The maximum absolute atomic E-state index is 11.5. The summed E-state index contributed by atoms with van der Waals surface area (Å²) in [6, 6.07) is 0. The molecule has 1 aliphatic carbocycles. The standard InChI is InChI=1S/C9H16N2O/c1-3-6-11-8(12)9(4-5-9)7-10-2/h3,10H,1,4-7H2,2H3,(H,11,12). The minimum absolute atomic E-state index is 0.0994. The summed E-state index contributed by atoms with van der Waals surface area (Å²) < 4.78 is 0. The fraction of sp³-hybridized carbons (Fsp3) is 0.667. The Labute approximate surface area is 73.2 Å². The van der Waals surface area contributed by atoms with E-state index in [1.54, 1.807) is 6.08 Å². The zero-order valence-electron chi connectivity index (χ0n) is 7.52. The summed E-state index contributed by atoms with van der Waals surface area (Å²) in [5.74, 6) is 0.164. The van der Waals surface area contributed by atoms with Gasteiger partial charge < -0.3 is 10.6 Å². The second kappa shape index (κ2) is 3.72. The highest BCUT2D eigenvalue weighted by Crippen LogP contribution is 2.45. The molecule has 1 amide bonds. The van der Waals surface area contributed by atoms with Gasteiger partial charge in [0.15, 0.2) is 0 Å². The van der Waals surface area contributed by atoms with Gasteiger partial charge in [0.2, 0.25) is 5.91 Å². The van der Waals surface area contributed by atoms with Crippen LogP contribution in [0.4, 0.5) is 0 Å². The monoisotopic (exact) mass is 168 g/mol. The lowest BCUT2D eigenvalue weighted by atomic mass is 10.1. The Morgan fingerprint density at radius 1 is 1.67 bits per heavy atom. The van der Waals surface area contributed by atoms with Crippen LogP contribution < -0.4 is 10.6 Å². The van der Waals surface area contributed by atoms with Crippen molar-refractivity contribution in [3.8, 4) is 0 Å². The van der Waals surface area contributed by atoms with Crippen molar-refractivity contribution in [2.75, 3.05) is 20.1 Å². The molecule has 1 rings (SSSR count). The molecule has 1 fully saturated rings. The highest BCUT2D eigenvalue weighted by molar-refractivity contribution is 5.85. The normalized spacial score (nSPS) is 18.4. The molecule has 1 saturated carbocycles. The van der Waals surface area contributed by atoms with Crippen LogP contribution in [0.15, 0.2) is 12.7 Å². The molecule has 0 spiro atoms. The summed E-state index contributed by atoms with van der Waals surface area (Å²) >= 11 is 0. The van der Waals surface area contributed by atoms with Gasteiger partial charge in [-0.25, -0.2) is 0 Å². The molecule has 2 N–H and O–H groups in total. The van der Waals surface area contributed by atoms with Crippen LogP contribution in [0.5, 0.6) is 0 Å². The van der Waals surface area contributed by atoms with Crippen LogP contribution in [0.1, 0.15) is 12.8 Å². The summed E-state index contributed by atoms with van der Waals surface area (Å²) in [6.45, 7) is 4.91. The summed E-state index contributed by atoms with van der Waals surface area (Å²) in [5, 5.41) is 5.86. The summed E-state index contributed by atoms with van der Waals surface area (Å²) in [6.07, 6.45) is 3.72. The maximum atomic E-state index is 11.5. The lowest BCUT2D eigenvalue weighted by molar-refractivity contribution is -0.125. The first-order chi connectivity index (χ1) is 5.75. The van der Waals surface area contributed by atoms with E-state index < -0.39 is 0 Å². The molecule has 68 valence electrons. The van der Waals surface area contributed by atoms with Crippen LogP contribution in [0, 0.1) is 5.41 Å². The van der Waals surface area contributed by atoms with Gasteiger partial charge in [-0.2, -0.15) is 0 Å². The number of hydrogen-bond donors (Lipinski definition) is 2. The van der Waals surface area contributed by atoms with E-state index in [-0.39, 0.29) is 11.3 Å². The third kappa shape index (κ3) is 1.85. The van der Waals surface area contributed by atoms with Gasteiger partial charge in [-0.05, 0) is 19.9 Å². The van der Waals surface area contributed by atoms with Crippen LogP contribution >= 0.6 is 0 Å². The summed E-state index contributed by atoms with van der Waals surface area (Å²) in [4.78, 5) is 11.5. The SMILES string of the molecule is C=CCNC(=O)C1(CNC)CC1. The van der Waals surface area contributed by atoms with Crippen molar-refractivity contribution in [2.24, 2.45) is 5.41 Å². The highest BCUT2D eigenvalue weighted by atomic mass is 16.2. The number of rotatable bonds is 5. The zero-order valence-corrected chi connectivity index (χ0v) is 7.52. The van der Waals surface area contributed by atoms with Gasteiger partial charge >= 0.3 is 0 Å². The molecule has 0 unspecified atom stereocenters. The van der Waals surface area contributed by atoms with Gasteiger partial charge in [0, 0.05) is 13.1 Å². The van der Waals surface area contributed by atoms with Gasteiger partial charge in [0.05, 0.1) is 5.41 Å². The van der Waals surface area contributed by atoms with E-state index in [2.05, 4.69) is 17.2 Å². The lowest BCUT2D eigenvalue weighted by Gasteiger charge is -2.13. The second-order valence-corrected chi connectivity index (χ2v) is 3.31. The minimum Gasteiger partial charge on any atom is -0.352 e. The molecule has 0 radical (unpaired) electrons. The van der Waals surface area contributed by atoms with Crippen molar-refractivity contribution < 1.29 is 4.79 Å². The van der Waals surface area contributed by atoms with Crippen molar-refractivity contribution in [2.45, 2.75) is 12.8 Å². The van der Waals surface area contributed by atoms with Crippen LogP contribution in [0.25, 0.3) is 0 Å². The Kier molecular flexibility index (Phi) is 2.87. The third-order valence-corrected chi connectivity index (χ3v) is 2.26. The molecule has 0 aromatic rings. The van der Waals surface area contributed by atoms with E-state index in [1.165, 1.54) is 0 Å². The molecule has 0 aromatic heterocycles. The number of hydrogen-bond acceptors (Lipinski definition) is 2. The maximum Gasteiger partial charge on any atom is 0.227 e. The Balaban J connectivity index is 2.35. The molecule has 0 atom stereocenters. The Bertz CT molecular complexity index is 185. The van der Waals surface area contributed by atoms with Crippen molar-refractivity contribution in [3.63, 3.8) is 0 Å². The zero-order chi connectivity index (χ0) is 9.03. The molecule has 0 heterocycles. The first-order valence-electron chi connectivity index (χ1n) is 4.29. The molecule has 12 heavy (non-hydrogen) atoms. The number of carbonyl (C=O) groups excluding carboxylic acids is 1.